The summed E-state index contributed by atoms with van der Waals surface area (Å²) in [5.74, 6) is -0.827. The number of pyridine rings is 1. The Hall–Kier alpha value is -0.530. The van der Waals surface area contributed by atoms with Gasteiger partial charge in [-0.2, -0.15) is 0 Å². The molecule has 0 spiro atoms. The predicted molar refractivity (Wildman–Crippen MR) is 69.5 cm³/mol. The number of aromatic nitrogens is 1. The van der Waals surface area contributed by atoms with Gasteiger partial charge in [-0.1, -0.05) is 28.8 Å². The molecule has 0 bridgehead atoms. The van der Waals surface area contributed by atoms with Gasteiger partial charge in [-0.3, -0.25) is 0 Å². The van der Waals surface area contributed by atoms with Crippen molar-refractivity contribution in [1.29, 1.82) is 0 Å². The fourth-order valence-corrected chi connectivity index (χ4v) is 4.25. The molecule has 0 radical (unpaired) electrons. The van der Waals surface area contributed by atoms with Crippen molar-refractivity contribution in [3.05, 3.63) is 24.1 Å². The first-order valence-corrected chi connectivity index (χ1v) is 8.17. The molecule has 0 aromatic carbocycles. The average molecular weight is 337 g/mol. The van der Waals surface area contributed by atoms with Gasteiger partial charge in [0.15, 0.2) is 5.82 Å². The highest BCUT2D eigenvalue weighted by Crippen LogP contribution is 2.25. The van der Waals surface area contributed by atoms with Crippen LogP contribution in [0.4, 0.5) is 4.39 Å². The van der Waals surface area contributed by atoms with E-state index in [0.717, 1.165) is 31.7 Å². The van der Waals surface area contributed by atoms with E-state index in [4.69, 9.17) is 0 Å². The van der Waals surface area contributed by atoms with Crippen LogP contribution in [-0.4, -0.2) is 24.3 Å². The zero-order chi connectivity index (χ0) is 13.2. The Morgan fingerprint density at radius 2 is 2.11 bits per heavy atom. The minimum Gasteiger partial charge on any atom is -0.241 e. The van der Waals surface area contributed by atoms with E-state index in [2.05, 4.69) is 25.6 Å². The van der Waals surface area contributed by atoms with Crippen LogP contribution in [0.15, 0.2) is 23.4 Å². The van der Waals surface area contributed by atoms with E-state index in [1.165, 1.54) is 12.3 Å². The molecule has 1 aliphatic rings. The topological polar surface area (TPSA) is 59.1 Å². The standard InChI is InChI=1S/C11H14BrFN2O2S/c12-8-4-1-2-6-10(8)15-18(16,17)11-9(13)5-3-7-14-11/h3,5,7-8,10,15H,1-2,4,6H2. The zero-order valence-electron chi connectivity index (χ0n) is 9.64. The molecule has 1 aliphatic carbocycles. The third kappa shape index (κ3) is 3.07. The summed E-state index contributed by atoms with van der Waals surface area (Å²) < 4.78 is 40.0. The van der Waals surface area contributed by atoms with E-state index in [1.54, 1.807) is 0 Å². The van der Waals surface area contributed by atoms with Crippen LogP contribution in [0.1, 0.15) is 25.7 Å². The van der Waals surface area contributed by atoms with E-state index in [1.807, 2.05) is 0 Å². The van der Waals surface area contributed by atoms with E-state index in [-0.39, 0.29) is 10.9 Å². The summed E-state index contributed by atoms with van der Waals surface area (Å²) in [4.78, 5) is 3.69. The van der Waals surface area contributed by atoms with Crippen molar-refractivity contribution < 1.29 is 12.8 Å². The average Bonchev–Trinajstić information content (AvgIpc) is 2.32. The van der Waals surface area contributed by atoms with Crippen molar-refractivity contribution in [2.45, 2.75) is 41.6 Å². The van der Waals surface area contributed by atoms with Gasteiger partial charge in [-0.25, -0.2) is 22.5 Å². The first kappa shape index (κ1) is 13.9. The molecule has 2 unspecified atom stereocenters. The van der Waals surface area contributed by atoms with E-state index in [9.17, 15) is 12.8 Å². The second kappa shape index (κ2) is 5.63. The van der Waals surface area contributed by atoms with E-state index >= 15 is 0 Å². The molecule has 2 atom stereocenters. The summed E-state index contributed by atoms with van der Waals surface area (Å²) in [5, 5.41) is -0.532. The minimum atomic E-state index is -3.89. The highest BCUT2D eigenvalue weighted by molar-refractivity contribution is 9.09. The van der Waals surface area contributed by atoms with Crippen molar-refractivity contribution in [2.75, 3.05) is 0 Å². The van der Waals surface area contributed by atoms with Crippen LogP contribution in [0.3, 0.4) is 0 Å². The number of hydrogen-bond acceptors (Lipinski definition) is 3. The monoisotopic (exact) mass is 336 g/mol. The lowest BCUT2D eigenvalue weighted by molar-refractivity contribution is 0.425. The zero-order valence-corrected chi connectivity index (χ0v) is 12.0. The number of nitrogens with one attached hydrogen (secondary N) is 1. The normalized spacial score (nSPS) is 25.0. The molecule has 1 aromatic rings. The number of nitrogens with zero attached hydrogens (tertiary/aromatic N) is 1. The summed E-state index contributed by atoms with van der Waals surface area (Å²) in [6.45, 7) is 0. The summed E-state index contributed by atoms with van der Waals surface area (Å²) in [6, 6.07) is 2.25. The molecule has 0 aliphatic heterocycles. The van der Waals surface area contributed by atoms with Gasteiger partial charge in [-0.15, -0.1) is 0 Å². The lowest BCUT2D eigenvalue weighted by Gasteiger charge is -2.27. The Kier molecular flexibility index (Phi) is 4.34. The first-order chi connectivity index (χ1) is 8.50. The Morgan fingerprint density at radius 3 is 2.78 bits per heavy atom. The van der Waals surface area contributed by atoms with Gasteiger partial charge in [0.05, 0.1) is 0 Å². The SMILES string of the molecule is O=S(=O)(NC1CCCCC1Br)c1ncccc1F. The largest absolute Gasteiger partial charge is 0.261 e. The summed E-state index contributed by atoms with van der Waals surface area (Å²) >= 11 is 3.46. The highest BCUT2D eigenvalue weighted by Gasteiger charge is 2.29. The molecule has 0 amide bonds. The lowest BCUT2D eigenvalue weighted by Crippen LogP contribution is -2.43. The lowest BCUT2D eigenvalue weighted by atomic mass is 9.96. The quantitative estimate of drug-likeness (QED) is 0.861. The summed E-state index contributed by atoms with van der Waals surface area (Å²) in [7, 11) is -3.89. The van der Waals surface area contributed by atoms with E-state index in [0.29, 0.717) is 0 Å². The molecule has 1 heterocycles. The maximum Gasteiger partial charge on any atom is 0.261 e. The predicted octanol–water partition coefficient (Wildman–Crippen LogP) is 2.21. The maximum absolute atomic E-state index is 13.4. The van der Waals surface area contributed by atoms with Crippen molar-refractivity contribution in [1.82, 2.24) is 9.71 Å². The van der Waals surface area contributed by atoms with Gasteiger partial charge < -0.3 is 0 Å². The Labute approximate surface area is 114 Å². The molecule has 1 N–H and O–H groups in total. The van der Waals surface area contributed by atoms with Crippen LogP contribution in [0.25, 0.3) is 0 Å². The molecule has 1 saturated carbocycles. The number of halogens is 2. The van der Waals surface area contributed by atoms with Crippen LogP contribution in [-0.2, 0) is 10.0 Å². The Bertz CT molecular complexity index is 524. The minimum absolute atomic E-state index is 0.0906. The molecule has 100 valence electrons. The van der Waals surface area contributed by atoms with Gasteiger partial charge in [0, 0.05) is 17.1 Å². The molecule has 18 heavy (non-hydrogen) atoms. The van der Waals surface area contributed by atoms with Gasteiger partial charge in [0.1, 0.15) is 0 Å². The van der Waals surface area contributed by atoms with Gasteiger partial charge in [-0.05, 0) is 25.0 Å². The molecule has 4 nitrogen and oxygen atoms in total. The smallest absolute Gasteiger partial charge is 0.241 e. The maximum atomic E-state index is 13.4. The van der Waals surface area contributed by atoms with Crippen LogP contribution >= 0.6 is 15.9 Å². The Morgan fingerprint density at radius 1 is 1.39 bits per heavy atom. The summed E-state index contributed by atoms with van der Waals surface area (Å²) in [5.41, 5.74) is 0. The number of rotatable bonds is 3. The fourth-order valence-electron chi connectivity index (χ4n) is 2.04. The van der Waals surface area contributed by atoms with Gasteiger partial charge >= 0.3 is 0 Å². The van der Waals surface area contributed by atoms with Gasteiger partial charge in [0.2, 0.25) is 5.03 Å². The molecule has 7 heteroatoms. The number of sulfonamides is 1. The highest BCUT2D eigenvalue weighted by atomic mass is 79.9. The molecule has 2 rings (SSSR count). The first-order valence-electron chi connectivity index (χ1n) is 5.77. The van der Waals surface area contributed by atoms with Crippen molar-refractivity contribution in [2.24, 2.45) is 0 Å². The molecular formula is C11H14BrFN2O2S. The molecule has 1 fully saturated rings. The number of alkyl halides is 1. The van der Waals surface area contributed by atoms with Crippen molar-refractivity contribution in [3.63, 3.8) is 0 Å². The van der Waals surface area contributed by atoms with Crippen LogP contribution < -0.4 is 4.72 Å². The van der Waals surface area contributed by atoms with Crippen molar-refractivity contribution >= 4 is 26.0 Å². The molecular weight excluding hydrogens is 323 g/mol. The second-order valence-electron chi connectivity index (χ2n) is 4.32. The van der Waals surface area contributed by atoms with Crippen LogP contribution in [0.5, 0.6) is 0 Å². The second-order valence-corrected chi connectivity index (χ2v) is 7.12. The third-order valence-corrected chi connectivity index (χ3v) is 5.49. The van der Waals surface area contributed by atoms with Crippen LogP contribution in [0, 0.1) is 5.82 Å². The third-order valence-electron chi connectivity index (χ3n) is 2.97. The fraction of sp³-hybridized carbons (Fsp3) is 0.545. The molecule has 0 saturated heterocycles. The number of hydrogen-bond donors (Lipinski definition) is 1. The summed E-state index contributed by atoms with van der Waals surface area (Å²) in [6.07, 6.45) is 4.98. The molecule has 1 aromatic heterocycles. The van der Waals surface area contributed by atoms with Crippen LogP contribution in [0.2, 0.25) is 0 Å². The van der Waals surface area contributed by atoms with Gasteiger partial charge in [0.25, 0.3) is 10.0 Å². The van der Waals surface area contributed by atoms with Crippen molar-refractivity contribution in [3.8, 4) is 0 Å². The van der Waals surface area contributed by atoms with E-state index < -0.39 is 20.9 Å². The Balaban J connectivity index is 2.19.